The van der Waals surface area contributed by atoms with E-state index in [1.807, 2.05) is 0 Å². The van der Waals surface area contributed by atoms with Gasteiger partial charge in [-0.15, -0.1) is 0 Å². The van der Waals surface area contributed by atoms with E-state index in [4.69, 9.17) is 10.5 Å². The molecule has 3 aromatic rings. The van der Waals surface area contributed by atoms with Crippen molar-refractivity contribution in [2.24, 2.45) is 0 Å². The smallest absolute Gasteiger partial charge is 0.165 e. The molecular formula is C17H19N5O3. The first-order valence-corrected chi connectivity index (χ1v) is 7.88. The molecule has 2 heterocycles. The van der Waals surface area contributed by atoms with Gasteiger partial charge in [-0.2, -0.15) is 0 Å². The van der Waals surface area contributed by atoms with Gasteiger partial charge >= 0.3 is 0 Å². The zero-order chi connectivity index (χ0) is 17.8. The molecule has 0 bridgehead atoms. The van der Waals surface area contributed by atoms with Crippen molar-refractivity contribution in [3.8, 4) is 5.75 Å². The van der Waals surface area contributed by atoms with Gasteiger partial charge in [-0.25, -0.2) is 15.0 Å². The number of fused-ring (bicyclic) bond motifs is 1. The van der Waals surface area contributed by atoms with Crippen molar-refractivity contribution in [2.45, 2.75) is 19.4 Å². The van der Waals surface area contributed by atoms with E-state index in [0.29, 0.717) is 41.3 Å². The van der Waals surface area contributed by atoms with Crippen LogP contribution < -0.4 is 10.5 Å². The number of ether oxygens (including phenoxy) is 1. The number of aromatic nitrogens is 4. The van der Waals surface area contributed by atoms with Crippen LogP contribution in [0.25, 0.3) is 11.2 Å². The van der Waals surface area contributed by atoms with E-state index in [1.54, 1.807) is 35.2 Å². The fourth-order valence-electron chi connectivity index (χ4n) is 2.55. The summed E-state index contributed by atoms with van der Waals surface area (Å²) in [6, 6.07) is 6.72. The molecule has 0 aliphatic carbocycles. The summed E-state index contributed by atoms with van der Waals surface area (Å²) in [5.41, 5.74) is 7.52. The highest BCUT2D eigenvalue weighted by Gasteiger charge is 2.16. The first kappa shape index (κ1) is 16.8. The molecule has 1 aromatic carbocycles. The molecule has 0 aliphatic heterocycles. The van der Waals surface area contributed by atoms with E-state index in [1.165, 1.54) is 13.3 Å². The summed E-state index contributed by atoms with van der Waals surface area (Å²) in [5.74, 6) is 0.992. The van der Waals surface area contributed by atoms with E-state index in [-0.39, 0.29) is 18.4 Å². The molecular weight excluding hydrogens is 322 g/mol. The molecule has 3 N–H and O–H groups in total. The summed E-state index contributed by atoms with van der Waals surface area (Å²) in [6.45, 7) is 1.83. The second kappa shape index (κ2) is 7.27. The molecule has 8 nitrogen and oxygen atoms in total. The molecule has 130 valence electrons. The number of Topliss-reactive ketones (excluding diaryl/α,β-unsaturated/α-hetero) is 1. The zero-order valence-electron chi connectivity index (χ0n) is 13.8. The molecule has 2 aromatic heterocycles. The van der Waals surface area contributed by atoms with Crippen LogP contribution in [0.15, 0.2) is 36.9 Å². The third-order valence-electron chi connectivity index (χ3n) is 3.97. The van der Waals surface area contributed by atoms with Crippen molar-refractivity contribution >= 4 is 22.8 Å². The topological polar surface area (TPSA) is 116 Å². The Bertz CT molecular complexity index is 876. The number of anilines is 1. The van der Waals surface area contributed by atoms with Gasteiger partial charge in [-0.1, -0.05) is 0 Å². The van der Waals surface area contributed by atoms with E-state index < -0.39 is 0 Å². The van der Waals surface area contributed by atoms with Crippen LogP contribution in [-0.4, -0.2) is 43.6 Å². The minimum Gasteiger partial charge on any atom is -0.494 e. The number of nitrogen functional groups attached to an aromatic ring is 1. The van der Waals surface area contributed by atoms with Crippen molar-refractivity contribution in [3.05, 3.63) is 42.5 Å². The predicted octanol–water partition coefficient (Wildman–Crippen LogP) is 1.61. The molecule has 0 amide bonds. The molecule has 25 heavy (non-hydrogen) atoms. The number of carbonyl (C=O) groups excluding carboxylic acids is 1. The van der Waals surface area contributed by atoms with Gasteiger partial charge in [0.15, 0.2) is 17.2 Å². The van der Waals surface area contributed by atoms with Crippen LogP contribution in [0.4, 0.5) is 5.82 Å². The normalized spacial score (nSPS) is 12.2. The maximum atomic E-state index is 11.3. The number of aliphatic hydroxyl groups excluding tert-OH is 1. The Morgan fingerprint density at radius 3 is 2.72 bits per heavy atom. The lowest BCUT2D eigenvalue weighted by Crippen LogP contribution is -2.16. The third kappa shape index (κ3) is 3.58. The number of nitrogens with two attached hydrogens (primary N) is 1. The maximum Gasteiger partial charge on any atom is 0.165 e. The number of hydrogen-bond donors (Lipinski definition) is 2. The Morgan fingerprint density at radius 1 is 1.28 bits per heavy atom. The van der Waals surface area contributed by atoms with Crippen LogP contribution in [0.1, 0.15) is 29.7 Å². The minimum absolute atomic E-state index is 0.0140. The number of aliphatic hydroxyl groups is 1. The van der Waals surface area contributed by atoms with Crippen LogP contribution in [0.3, 0.4) is 0 Å². The fraction of sp³-hybridized carbons (Fsp3) is 0.294. The van der Waals surface area contributed by atoms with Gasteiger partial charge in [0, 0.05) is 12.0 Å². The average Bonchev–Trinajstić information content (AvgIpc) is 3.04. The van der Waals surface area contributed by atoms with Crippen molar-refractivity contribution in [2.75, 3.05) is 18.9 Å². The molecule has 0 fully saturated rings. The lowest BCUT2D eigenvalue weighted by Gasteiger charge is -2.17. The highest BCUT2D eigenvalue weighted by atomic mass is 16.5. The number of imidazole rings is 1. The third-order valence-corrected chi connectivity index (χ3v) is 3.97. The van der Waals surface area contributed by atoms with Crippen LogP contribution in [0.2, 0.25) is 0 Å². The first-order chi connectivity index (χ1) is 12.1. The molecule has 3 rings (SSSR count). The molecule has 0 spiro atoms. The number of carbonyl (C=O) groups is 1. The molecule has 8 heteroatoms. The van der Waals surface area contributed by atoms with Gasteiger partial charge in [0.25, 0.3) is 0 Å². The van der Waals surface area contributed by atoms with E-state index in [9.17, 15) is 9.90 Å². The Labute approximate surface area is 144 Å². The summed E-state index contributed by atoms with van der Waals surface area (Å²) >= 11 is 0. The van der Waals surface area contributed by atoms with E-state index in [2.05, 4.69) is 15.0 Å². The summed E-state index contributed by atoms with van der Waals surface area (Å²) in [5, 5.41) is 9.70. The largest absolute Gasteiger partial charge is 0.494 e. The van der Waals surface area contributed by atoms with Crippen LogP contribution in [0.5, 0.6) is 5.75 Å². The van der Waals surface area contributed by atoms with E-state index >= 15 is 0 Å². The number of hydrogen-bond acceptors (Lipinski definition) is 7. The number of benzene rings is 1. The van der Waals surface area contributed by atoms with Crippen molar-refractivity contribution < 1.29 is 14.6 Å². The Morgan fingerprint density at radius 2 is 2.04 bits per heavy atom. The van der Waals surface area contributed by atoms with Gasteiger partial charge in [0.05, 0.1) is 25.6 Å². The monoisotopic (exact) mass is 341 g/mol. The fourth-order valence-corrected chi connectivity index (χ4v) is 2.55. The highest BCUT2D eigenvalue weighted by molar-refractivity contribution is 5.94. The summed E-state index contributed by atoms with van der Waals surface area (Å²) in [4.78, 5) is 23.6. The predicted molar refractivity (Wildman–Crippen MR) is 92.4 cm³/mol. The molecule has 0 saturated heterocycles. The molecule has 0 unspecified atom stereocenters. The number of ketones is 1. The van der Waals surface area contributed by atoms with Crippen LogP contribution in [0, 0.1) is 0 Å². The minimum atomic E-state index is -0.240. The lowest BCUT2D eigenvalue weighted by molar-refractivity contribution is 0.101. The summed E-state index contributed by atoms with van der Waals surface area (Å²) < 4.78 is 7.47. The van der Waals surface area contributed by atoms with Gasteiger partial charge in [-0.3, -0.25) is 4.79 Å². The van der Waals surface area contributed by atoms with Crippen molar-refractivity contribution in [3.63, 3.8) is 0 Å². The second-order valence-corrected chi connectivity index (χ2v) is 5.64. The second-order valence-electron chi connectivity index (χ2n) is 5.64. The SMILES string of the molecule is CC(=O)c1ccc(OCC[C@H](CO)n2cnc3c(N)ncnc32)cc1. The van der Waals surface area contributed by atoms with Crippen LogP contribution >= 0.6 is 0 Å². The van der Waals surface area contributed by atoms with Crippen molar-refractivity contribution in [1.29, 1.82) is 0 Å². The Balaban J connectivity index is 1.66. The van der Waals surface area contributed by atoms with Crippen molar-refractivity contribution in [1.82, 2.24) is 19.5 Å². The Kier molecular flexibility index (Phi) is 4.90. The van der Waals surface area contributed by atoms with Gasteiger partial charge in [0.1, 0.15) is 17.6 Å². The average molecular weight is 341 g/mol. The first-order valence-electron chi connectivity index (χ1n) is 7.88. The molecule has 0 saturated carbocycles. The van der Waals surface area contributed by atoms with Crippen LogP contribution in [-0.2, 0) is 0 Å². The standard InChI is InChI=1S/C17H19N5O3/c1-11(24)12-2-4-14(5-3-12)25-7-6-13(8-23)22-10-21-15-16(18)19-9-20-17(15)22/h2-5,9-10,13,23H,6-8H2,1H3,(H2,18,19,20)/t13-/m1/s1. The maximum absolute atomic E-state index is 11.3. The number of rotatable bonds is 7. The Hall–Kier alpha value is -3.00. The lowest BCUT2D eigenvalue weighted by atomic mass is 10.1. The highest BCUT2D eigenvalue weighted by Crippen LogP contribution is 2.21. The van der Waals surface area contributed by atoms with Gasteiger partial charge in [0.2, 0.25) is 0 Å². The number of nitrogens with zero attached hydrogens (tertiary/aromatic N) is 4. The van der Waals surface area contributed by atoms with Gasteiger partial charge < -0.3 is 20.1 Å². The molecule has 1 atom stereocenters. The van der Waals surface area contributed by atoms with E-state index in [0.717, 1.165) is 0 Å². The van der Waals surface area contributed by atoms with Gasteiger partial charge in [-0.05, 0) is 31.2 Å². The molecule has 0 aliphatic rings. The quantitative estimate of drug-likeness (QED) is 0.627. The molecule has 0 radical (unpaired) electrons. The summed E-state index contributed by atoms with van der Waals surface area (Å²) in [6.07, 6.45) is 3.52. The zero-order valence-corrected chi connectivity index (χ0v) is 13.8. The summed E-state index contributed by atoms with van der Waals surface area (Å²) in [7, 11) is 0.